The van der Waals surface area contributed by atoms with Crippen LogP contribution in [-0.2, 0) is 4.79 Å². The summed E-state index contributed by atoms with van der Waals surface area (Å²) in [5.74, 6) is 0.326. The quantitative estimate of drug-likeness (QED) is 0.512. The first-order chi connectivity index (χ1) is 13.1. The van der Waals surface area contributed by atoms with Crippen LogP contribution in [0.15, 0.2) is 42.5 Å². The van der Waals surface area contributed by atoms with E-state index < -0.39 is 11.7 Å². The molecule has 0 aliphatic heterocycles. The lowest BCUT2D eigenvalue weighted by atomic mass is 10.2. The van der Waals surface area contributed by atoms with Crippen molar-refractivity contribution in [1.82, 2.24) is 0 Å². The number of methoxy groups -OCH3 is 2. The molecular formula is C21H24FNO4. The Labute approximate surface area is 158 Å². The molecule has 144 valence electrons. The summed E-state index contributed by atoms with van der Waals surface area (Å²) in [4.78, 5) is 12.2. The summed E-state index contributed by atoms with van der Waals surface area (Å²) >= 11 is 0. The molecule has 2 aromatic rings. The number of unbranched alkanes of at least 4 members (excludes halogenated alkanes) is 1. The fraction of sp³-hybridized carbons (Fsp3) is 0.286. The molecule has 0 saturated heterocycles. The molecule has 0 spiro atoms. The van der Waals surface area contributed by atoms with Crippen LogP contribution in [0.2, 0.25) is 0 Å². The Balaban J connectivity index is 2.09. The van der Waals surface area contributed by atoms with Crippen LogP contribution in [0.1, 0.15) is 25.3 Å². The van der Waals surface area contributed by atoms with E-state index in [1.807, 2.05) is 6.92 Å². The Hall–Kier alpha value is -3.02. The van der Waals surface area contributed by atoms with Gasteiger partial charge in [-0.25, -0.2) is 4.39 Å². The fourth-order valence-electron chi connectivity index (χ4n) is 2.38. The van der Waals surface area contributed by atoms with Crippen molar-refractivity contribution in [3.63, 3.8) is 0 Å². The van der Waals surface area contributed by atoms with E-state index in [4.69, 9.17) is 14.2 Å². The van der Waals surface area contributed by atoms with Gasteiger partial charge in [-0.1, -0.05) is 25.5 Å². The maximum Gasteiger partial charge on any atom is 0.248 e. The van der Waals surface area contributed by atoms with Crippen LogP contribution in [-0.4, -0.2) is 26.7 Å². The zero-order valence-electron chi connectivity index (χ0n) is 15.8. The predicted molar refractivity (Wildman–Crippen MR) is 104 cm³/mol. The average Bonchev–Trinajstić information content (AvgIpc) is 2.68. The minimum absolute atomic E-state index is 0.0545. The standard InChI is InChI=1S/C21H24FNO4/c1-4-5-13-27-21-16(22)7-6-8-17(21)23-20(24)12-10-15-9-11-18(25-2)19(14-15)26-3/h6-12,14H,4-5,13H2,1-3H3,(H,23,24)/b12-10+. The number of rotatable bonds is 9. The van der Waals surface area contributed by atoms with Crippen molar-refractivity contribution in [2.24, 2.45) is 0 Å². The summed E-state index contributed by atoms with van der Waals surface area (Å²) in [5.41, 5.74) is 1.06. The van der Waals surface area contributed by atoms with E-state index in [2.05, 4.69) is 5.32 Å². The van der Waals surface area contributed by atoms with Gasteiger partial charge in [-0.05, 0) is 42.3 Å². The third-order valence-electron chi connectivity index (χ3n) is 3.80. The molecule has 1 amide bonds. The molecule has 0 radical (unpaired) electrons. The zero-order chi connectivity index (χ0) is 19.6. The first-order valence-corrected chi connectivity index (χ1v) is 8.71. The van der Waals surface area contributed by atoms with Crippen LogP contribution in [0.3, 0.4) is 0 Å². The van der Waals surface area contributed by atoms with Gasteiger partial charge >= 0.3 is 0 Å². The number of carbonyl (C=O) groups is 1. The summed E-state index contributed by atoms with van der Waals surface area (Å²) in [5, 5.41) is 2.65. The summed E-state index contributed by atoms with van der Waals surface area (Å²) in [6.07, 6.45) is 4.74. The van der Waals surface area contributed by atoms with E-state index in [-0.39, 0.29) is 5.75 Å². The van der Waals surface area contributed by atoms with E-state index in [0.29, 0.717) is 23.8 Å². The van der Waals surface area contributed by atoms with E-state index >= 15 is 0 Å². The largest absolute Gasteiger partial charge is 0.493 e. The minimum Gasteiger partial charge on any atom is -0.493 e. The number of para-hydroxylation sites is 1. The van der Waals surface area contributed by atoms with E-state index in [0.717, 1.165) is 18.4 Å². The molecule has 0 aromatic heterocycles. The summed E-state index contributed by atoms with van der Waals surface area (Å²) in [7, 11) is 3.10. The lowest BCUT2D eigenvalue weighted by Crippen LogP contribution is -2.10. The molecular weight excluding hydrogens is 349 g/mol. The number of benzene rings is 2. The number of carbonyl (C=O) groups excluding carboxylic acids is 1. The Morgan fingerprint density at radius 3 is 2.63 bits per heavy atom. The summed E-state index contributed by atoms with van der Waals surface area (Å²) in [6.45, 7) is 2.41. The van der Waals surface area contributed by atoms with Crippen molar-refractivity contribution < 1.29 is 23.4 Å². The number of nitrogens with one attached hydrogen (secondary N) is 1. The van der Waals surface area contributed by atoms with Gasteiger partial charge in [0.25, 0.3) is 0 Å². The first-order valence-electron chi connectivity index (χ1n) is 8.71. The molecule has 6 heteroatoms. The van der Waals surface area contributed by atoms with Gasteiger partial charge in [0.15, 0.2) is 23.1 Å². The number of ether oxygens (including phenoxy) is 3. The van der Waals surface area contributed by atoms with Gasteiger partial charge < -0.3 is 19.5 Å². The highest BCUT2D eigenvalue weighted by molar-refractivity contribution is 6.02. The van der Waals surface area contributed by atoms with Crippen LogP contribution in [0, 0.1) is 5.82 Å². The van der Waals surface area contributed by atoms with Crippen molar-refractivity contribution in [1.29, 1.82) is 0 Å². The lowest BCUT2D eigenvalue weighted by molar-refractivity contribution is -0.111. The average molecular weight is 373 g/mol. The third-order valence-corrected chi connectivity index (χ3v) is 3.80. The number of halogens is 1. The van der Waals surface area contributed by atoms with E-state index in [1.54, 1.807) is 44.6 Å². The molecule has 0 bridgehead atoms. The molecule has 2 aromatic carbocycles. The molecule has 27 heavy (non-hydrogen) atoms. The second-order valence-corrected chi connectivity index (χ2v) is 5.76. The highest BCUT2D eigenvalue weighted by Gasteiger charge is 2.11. The van der Waals surface area contributed by atoms with Crippen molar-refractivity contribution in [3.05, 3.63) is 53.9 Å². The third kappa shape index (κ3) is 5.74. The lowest BCUT2D eigenvalue weighted by Gasteiger charge is -2.12. The van der Waals surface area contributed by atoms with Crippen LogP contribution in [0.4, 0.5) is 10.1 Å². The molecule has 0 aliphatic carbocycles. The topological polar surface area (TPSA) is 56.8 Å². The van der Waals surface area contributed by atoms with Crippen molar-refractivity contribution in [2.45, 2.75) is 19.8 Å². The first kappa shape index (κ1) is 20.3. The smallest absolute Gasteiger partial charge is 0.248 e. The maximum atomic E-state index is 14.0. The monoisotopic (exact) mass is 373 g/mol. The van der Waals surface area contributed by atoms with Gasteiger partial charge in [0.2, 0.25) is 5.91 Å². The Kier molecular flexibility index (Phi) is 7.67. The molecule has 1 N–H and O–H groups in total. The SMILES string of the molecule is CCCCOc1c(F)cccc1NC(=O)/C=C/c1ccc(OC)c(OC)c1. The molecule has 0 atom stereocenters. The van der Waals surface area contributed by atoms with Crippen molar-refractivity contribution in [3.8, 4) is 17.2 Å². The Morgan fingerprint density at radius 1 is 1.15 bits per heavy atom. The molecule has 0 fully saturated rings. The predicted octanol–water partition coefficient (Wildman–Crippen LogP) is 4.67. The second-order valence-electron chi connectivity index (χ2n) is 5.76. The molecule has 5 nitrogen and oxygen atoms in total. The van der Waals surface area contributed by atoms with Crippen LogP contribution >= 0.6 is 0 Å². The van der Waals surface area contributed by atoms with Gasteiger partial charge in [-0.3, -0.25) is 4.79 Å². The highest BCUT2D eigenvalue weighted by Crippen LogP contribution is 2.29. The van der Waals surface area contributed by atoms with Crippen molar-refractivity contribution >= 4 is 17.7 Å². The molecule has 2 rings (SSSR count). The number of hydrogen-bond donors (Lipinski definition) is 1. The van der Waals surface area contributed by atoms with Crippen LogP contribution in [0.25, 0.3) is 6.08 Å². The highest BCUT2D eigenvalue weighted by atomic mass is 19.1. The molecule has 0 heterocycles. The van der Waals surface area contributed by atoms with Gasteiger partial charge in [-0.15, -0.1) is 0 Å². The minimum atomic E-state index is -0.507. The zero-order valence-corrected chi connectivity index (χ0v) is 15.8. The van der Waals surface area contributed by atoms with Crippen LogP contribution < -0.4 is 19.5 Å². The summed E-state index contributed by atoms with van der Waals surface area (Å²) in [6, 6.07) is 9.73. The van der Waals surface area contributed by atoms with Gasteiger partial charge in [0, 0.05) is 6.08 Å². The number of hydrogen-bond acceptors (Lipinski definition) is 4. The number of anilines is 1. The van der Waals surface area contributed by atoms with E-state index in [1.165, 1.54) is 18.2 Å². The Morgan fingerprint density at radius 2 is 1.93 bits per heavy atom. The van der Waals surface area contributed by atoms with Gasteiger partial charge in [0.1, 0.15) is 0 Å². The van der Waals surface area contributed by atoms with Crippen molar-refractivity contribution in [2.75, 3.05) is 26.1 Å². The summed E-state index contributed by atoms with van der Waals surface area (Å²) < 4.78 is 29.9. The van der Waals surface area contributed by atoms with Gasteiger partial charge in [-0.2, -0.15) is 0 Å². The molecule has 0 aliphatic rings. The normalized spacial score (nSPS) is 10.7. The van der Waals surface area contributed by atoms with Crippen LogP contribution in [0.5, 0.6) is 17.2 Å². The second kappa shape index (κ2) is 10.2. The van der Waals surface area contributed by atoms with E-state index in [9.17, 15) is 9.18 Å². The molecule has 0 unspecified atom stereocenters. The maximum absolute atomic E-state index is 14.0. The van der Waals surface area contributed by atoms with Gasteiger partial charge in [0.05, 0.1) is 26.5 Å². The Bertz CT molecular complexity index is 805. The molecule has 0 saturated carbocycles. The number of amides is 1. The fourth-order valence-corrected chi connectivity index (χ4v) is 2.38.